The molecule has 0 radical (unpaired) electrons. The first-order valence-electron chi connectivity index (χ1n) is 6.63. The van der Waals surface area contributed by atoms with Crippen molar-refractivity contribution >= 4 is 21.8 Å². The Morgan fingerprint density at radius 1 is 1.29 bits per heavy atom. The zero-order valence-corrected chi connectivity index (χ0v) is 13.4. The molecule has 1 heterocycles. The fraction of sp³-hybridized carbons (Fsp3) is 0.250. The van der Waals surface area contributed by atoms with Crippen molar-refractivity contribution in [2.75, 3.05) is 20.3 Å². The molecule has 1 amide bonds. The minimum atomic E-state index is -0.0512. The SMILES string of the molecule is COCCN(Cc1ccccc1)C(=O)c1cncc(Br)c1. The lowest BCUT2D eigenvalue weighted by Crippen LogP contribution is -2.33. The summed E-state index contributed by atoms with van der Waals surface area (Å²) in [5.74, 6) is -0.0512. The third kappa shape index (κ3) is 4.65. The molecule has 0 N–H and O–H groups in total. The molecule has 4 nitrogen and oxygen atoms in total. The van der Waals surface area contributed by atoms with E-state index in [1.54, 1.807) is 30.5 Å². The number of aromatic nitrogens is 1. The normalized spacial score (nSPS) is 10.4. The van der Waals surface area contributed by atoms with Crippen LogP contribution in [-0.4, -0.2) is 36.1 Å². The van der Waals surface area contributed by atoms with Crippen molar-refractivity contribution < 1.29 is 9.53 Å². The van der Waals surface area contributed by atoms with E-state index in [0.29, 0.717) is 25.3 Å². The Labute approximate surface area is 132 Å². The van der Waals surface area contributed by atoms with Gasteiger partial charge in [0.05, 0.1) is 12.2 Å². The van der Waals surface area contributed by atoms with Gasteiger partial charge in [0.2, 0.25) is 0 Å². The average molecular weight is 349 g/mol. The molecule has 5 heteroatoms. The first kappa shape index (κ1) is 15.7. The van der Waals surface area contributed by atoms with Crippen LogP contribution in [0, 0.1) is 0 Å². The van der Waals surface area contributed by atoms with E-state index in [2.05, 4.69) is 20.9 Å². The highest BCUT2D eigenvalue weighted by Crippen LogP contribution is 2.13. The molecular weight excluding hydrogens is 332 g/mol. The van der Waals surface area contributed by atoms with E-state index in [0.717, 1.165) is 10.0 Å². The largest absolute Gasteiger partial charge is 0.383 e. The molecule has 2 rings (SSSR count). The van der Waals surface area contributed by atoms with Crippen LogP contribution in [0.1, 0.15) is 15.9 Å². The Balaban J connectivity index is 2.17. The Morgan fingerprint density at radius 2 is 2.05 bits per heavy atom. The first-order chi connectivity index (χ1) is 10.2. The zero-order chi connectivity index (χ0) is 15.1. The Kier molecular flexibility index (Phi) is 5.90. The predicted molar refractivity (Wildman–Crippen MR) is 85.0 cm³/mol. The molecule has 0 unspecified atom stereocenters. The summed E-state index contributed by atoms with van der Waals surface area (Å²) in [4.78, 5) is 18.4. The number of nitrogens with zero attached hydrogens (tertiary/aromatic N) is 2. The van der Waals surface area contributed by atoms with E-state index >= 15 is 0 Å². The van der Waals surface area contributed by atoms with Crippen LogP contribution in [0.25, 0.3) is 0 Å². The molecule has 2 aromatic rings. The second-order valence-corrected chi connectivity index (χ2v) is 5.51. The number of rotatable bonds is 6. The summed E-state index contributed by atoms with van der Waals surface area (Å²) in [5, 5.41) is 0. The smallest absolute Gasteiger partial charge is 0.255 e. The summed E-state index contributed by atoms with van der Waals surface area (Å²) in [6, 6.07) is 11.7. The second-order valence-electron chi connectivity index (χ2n) is 4.60. The number of hydrogen-bond acceptors (Lipinski definition) is 3. The van der Waals surface area contributed by atoms with Crippen LogP contribution in [-0.2, 0) is 11.3 Å². The molecule has 0 fully saturated rings. The van der Waals surface area contributed by atoms with Crippen molar-refractivity contribution in [1.29, 1.82) is 0 Å². The summed E-state index contributed by atoms with van der Waals surface area (Å²) < 4.78 is 5.89. The molecular formula is C16H17BrN2O2. The highest BCUT2D eigenvalue weighted by atomic mass is 79.9. The van der Waals surface area contributed by atoms with Crippen molar-refractivity contribution in [1.82, 2.24) is 9.88 Å². The van der Waals surface area contributed by atoms with Gasteiger partial charge < -0.3 is 9.64 Å². The molecule has 0 aliphatic carbocycles. The van der Waals surface area contributed by atoms with Gasteiger partial charge in [-0.2, -0.15) is 0 Å². The van der Waals surface area contributed by atoms with Crippen LogP contribution in [0.2, 0.25) is 0 Å². The molecule has 0 atom stereocenters. The number of amides is 1. The van der Waals surface area contributed by atoms with Gasteiger partial charge in [0.25, 0.3) is 5.91 Å². The maximum Gasteiger partial charge on any atom is 0.255 e. The summed E-state index contributed by atoms with van der Waals surface area (Å²) in [7, 11) is 1.63. The standard InChI is InChI=1S/C16H17BrN2O2/c1-21-8-7-19(12-13-5-3-2-4-6-13)16(20)14-9-15(17)11-18-10-14/h2-6,9-11H,7-8,12H2,1H3. The minimum Gasteiger partial charge on any atom is -0.383 e. The number of carbonyl (C=O) groups excluding carboxylic acids is 1. The molecule has 0 bridgehead atoms. The summed E-state index contributed by atoms with van der Waals surface area (Å²) >= 11 is 3.34. The summed E-state index contributed by atoms with van der Waals surface area (Å²) in [6.45, 7) is 1.59. The fourth-order valence-corrected chi connectivity index (χ4v) is 2.33. The molecule has 0 spiro atoms. The molecule has 0 aliphatic heterocycles. The number of carbonyl (C=O) groups is 1. The van der Waals surface area contributed by atoms with Crippen LogP contribution in [0.5, 0.6) is 0 Å². The second kappa shape index (κ2) is 7.90. The van der Waals surface area contributed by atoms with Gasteiger partial charge in [-0.15, -0.1) is 0 Å². The minimum absolute atomic E-state index is 0.0512. The number of methoxy groups -OCH3 is 1. The van der Waals surface area contributed by atoms with Crippen molar-refractivity contribution in [3.8, 4) is 0 Å². The van der Waals surface area contributed by atoms with Gasteiger partial charge in [0.1, 0.15) is 0 Å². The number of benzene rings is 1. The Bertz CT molecular complexity index is 590. The van der Waals surface area contributed by atoms with Gasteiger partial charge in [-0.25, -0.2) is 0 Å². The van der Waals surface area contributed by atoms with Crippen molar-refractivity contribution in [3.05, 3.63) is 64.4 Å². The van der Waals surface area contributed by atoms with E-state index in [9.17, 15) is 4.79 Å². The molecule has 21 heavy (non-hydrogen) atoms. The lowest BCUT2D eigenvalue weighted by atomic mass is 10.2. The monoisotopic (exact) mass is 348 g/mol. The average Bonchev–Trinajstić information content (AvgIpc) is 2.51. The molecule has 1 aromatic carbocycles. The lowest BCUT2D eigenvalue weighted by molar-refractivity contribution is 0.0680. The van der Waals surface area contributed by atoms with E-state index in [4.69, 9.17) is 4.74 Å². The van der Waals surface area contributed by atoms with Crippen molar-refractivity contribution in [2.24, 2.45) is 0 Å². The summed E-state index contributed by atoms with van der Waals surface area (Å²) in [6.07, 6.45) is 3.24. The summed E-state index contributed by atoms with van der Waals surface area (Å²) in [5.41, 5.74) is 1.65. The van der Waals surface area contributed by atoms with Crippen LogP contribution in [0.15, 0.2) is 53.3 Å². The lowest BCUT2D eigenvalue weighted by Gasteiger charge is -2.22. The topological polar surface area (TPSA) is 42.4 Å². The molecule has 0 saturated heterocycles. The third-order valence-electron chi connectivity index (χ3n) is 3.02. The highest BCUT2D eigenvalue weighted by molar-refractivity contribution is 9.10. The van der Waals surface area contributed by atoms with E-state index < -0.39 is 0 Å². The highest BCUT2D eigenvalue weighted by Gasteiger charge is 2.16. The number of hydrogen-bond donors (Lipinski definition) is 0. The fourth-order valence-electron chi connectivity index (χ4n) is 1.97. The predicted octanol–water partition coefficient (Wildman–Crippen LogP) is 3.13. The number of pyridine rings is 1. The van der Waals surface area contributed by atoms with Crippen molar-refractivity contribution in [3.63, 3.8) is 0 Å². The van der Waals surface area contributed by atoms with Gasteiger partial charge in [-0.1, -0.05) is 30.3 Å². The van der Waals surface area contributed by atoms with Gasteiger partial charge in [-0.3, -0.25) is 9.78 Å². The molecule has 0 aliphatic rings. The molecule has 110 valence electrons. The molecule has 0 saturated carbocycles. The Morgan fingerprint density at radius 3 is 2.71 bits per heavy atom. The maximum atomic E-state index is 12.6. The van der Waals surface area contributed by atoms with E-state index in [1.165, 1.54) is 0 Å². The third-order valence-corrected chi connectivity index (χ3v) is 3.45. The zero-order valence-electron chi connectivity index (χ0n) is 11.8. The van der Waals surface area contributed by atoms with Crippen LogP contribution >= 0.6 is 15.9 Å². The van der Waals surface area contributed by atoms with Crippen LogP contribution in [0.3, 0.4) is 0 Å². The van der Waals surface area contributed by atoms with E-state index in [1.807, 2.05) is 30.3 Å². The van der Waals surface area contributed by atoms with Crippen molar-refractivity contribution in [2.45, 2.75) is 6.54 Å². The number of halogens is 1. The quantitative estimate of drug-likeness (QED) is 0.805. The molecule has 1 aromatic heterocycles. The van der Waals surface area contributed by atoms with E-state index in [-0.39, 0.29) is 5.91 Å². The maximum absolute atomic E-state index is 12.6. The van der Waals surface area contributed by atoms with Crippen LogP contribution < -0.4 is 0 Å². The number of ether oxygens (including phenoxy) is 1. The van der Waals surface area contributed by atoms with Crippen LogP contribution in [0.4, 0.5) is 0 Å². The van der Waals surface area contributed by atoms with Gasteiger partial charge >= 0.3 is 0 Å². The van der Waals surface area contributed by atoms with Gasteiger partial charge in [0.15, 0.2) is 0 Å². The first-order valence-corrected chi connectivity index (χ1v) is 7.42. The Hall–Kier alpha value is -1.72. The van der Waals surface area contributed by atoms with Gasteiger partial charge in [0, 0.05) is 37.1 Å². The van der Waals surface area contributed by atoms with Gasteiger partial charge in [-0.05, 0) is 27.6 Å².